The summed E-state index contributed by atoms with van der Waals surface area (Å²) in [5.41, 5.74) is -0.548. The molecule has 0 atom stereocenters. The van der Waals surface area contributed by atoms with Crippen LogP contribution in [0.5, 0.6) is 0 Å². The molecular formula is C10H14N4O5S. The molecule has 2 rings (SSSR count). The molecule has 0 amide bonds. The Morgan fingerprint density at radius 1 is 1.30 bits per heavy atom. The molecule has 0 unspecified atom stereocenters. The van der Waals surface area contributed by atoms with Crippen LogP contribution in [0.4, 0.5) is 0 Å². The van der Waals surface area contributed by atoms with Gasteiger partial charge in [-0.1, -0.05) is 0 Å². The van der Waals surface area contributed by atoms with Crippen molar-refractivity contribution in [2.75, 3.05) is 12.9 Å². The first-order valence-electron chi connectivity index (χ1n) is 5.67. The molecule has 0 aliphatic carbocycles. The average molecular weight is 302 g/mol. The number of rotatable bonds is 4. The highest BCUT2D eigenvalue weighted by atomic mass is 32.2. The predicted molar refractivity (Wildman–Crippen MR) is 71.0 cm³/mol. The van der Waals surface area contributed by atoms with Gasteiger partial charge in [0.1, 0.15) is 0 Å². The number of aromatic nitrogens is 4. The van der Waals surface area contributed by atoms with Gasteiger partial charge >= 0.3 is 5.69 Å². The fourth-order valence-electron chi connectivity index (χ4n) is 1.87. The SMILES string of the molecule is Cn1cnc2c1c(=O)n(CCOS(C)(=O)=O)c(=O)n2C. The molecule has 0 radical (unpaired) electrons. The van der Waals surface area contributed by atoms with Gasteiger partial charge in [-0.2, -0.15) is 8.42 Å². The molecule has 10 heteroatoms. The van der Waals surface area contributed by atoms with Crippen molar-refractivity contribution in [1.29, 1.82) is 0 Å². The summed E-state index contributed by atoms with van der Waals surface area (Å²) < 4.78 is 30.0. The highest BCUT2D eigenvalue weighted by molar-refractivity contribution is 7.85. The Morgan fingerprint density at radius 2 is 1.95 bits per heavy atom. The first-order chi connectivity index (χ1) is 9.22. The number of fused-ring (bicyclic) bond motifs is 1. The van der Waals surface area contributed by atoms with Gasteiger partial charge in [0.15, 0.2) is 11.2 Å². The molecule has 0 spiro atoms. The van der Waals surface area contributed by atoms with Crippen LogP contribution in [0.15, 0.2) is 15.9 Å². The summed E-state index contributed by atoms with van der Waals surface area (Å²) in [6.45, 7) is -0.433. The summed E-state index contributed by atoms with van der Waals surface area (Å²) in [6.07, 6.45) is 2.33. The normalized spacial score (nSPS) is 12.2. The summed E-state index contributed by atoms with van der Waals surface area (Å²) in [5, 5.41) is 0. The van der Waals surface area contributed by atoms with E-state index in [2.05, 4.69) is 9.17 Å². The van der Waals surface area contributed by atoms with Crippen LogP contribution in [0.2, 0.25) is 0 Å². The van der Waals surface area contributed by atoms with Crippen molar-refractivity contribution in [1.82, 2.24) is 18.7 Å². The molecule has 2 heterocycles. The second-order valence-electron chi connectivity index (χ2n) is 4.35. The van der Waals surface area contributed by atoms with E-state index in [9.17, 15) is 18.0 Å². The van der Waals surface area contributed by atoms with Gasteiger partial charge in [-0.15, -0.1) is 0 Å². The van der Waals surface area contributed by atoms with Gasteiger partial charge in [0.2, 0.25) is 0 Å². The van der Waals surface area contributed by atoms with Crippen LogP contribution in [0.3, 0.4) is 0 Å². The third kappa shape index (κ3) is 2.51. The van der Waals surface area contributed by atoms with E-state index in [-0.39, 0.29) is 24.3 Å². The van der Waals surface area contributed by atoms with Crippen molar-refractivity contribution < 1.29 is 12.6 Å². The van der Waals surface area contributed by atoms with E-state index in [1.165, 1.54) is 22.5 Å². The van der Waals surface area contributed by atoms with Gasteiger partial charge in [0, 0.05) is 14.1 Å². The van der Waals surface area contributed by atoms with Crippen molar-refractivity contribution in [3.05, 3.63) is 27.2 Å². The zero-order valence-electron chi connectivity index (χ0n) is 11.2. The molecule has 0 saturated carbocycles. The second-order valence-corrected chi connectivity index (χ2v) is 6.00. The van der Waals surface area contributed by atoms with Gasteiger partial charge in [0.25, 0.3) is 15.7 Å². The van der Waals surface area contributed by atoms with Gasteiger partial charge in [-0.25, -0.2) is 9.78 Å². The standard InChI is InChI=1S/C10H14N4O5S/c1-12-6-11-8-7(12)9(15)14(10(16)13(8)2)4-5-19-20(3,17)18/h6H,4-5H2,1-3H3. The van der Waals surface area contributed by atoms with Gasteiger partial charge < -0.3 is 4.57 Å². The minimum Gasteiger partial charge on any atom is -0.328 e. The lowest BCUT2D eigenvalue weighted by Gasteiger charge is -2.08. The maximum Gasteiger partial charge on any atom is 0.332 e. The lowest BCUT2D eigenvalue weighted by Crippen LogP contribution is -2.40. The second kappa shape index (κ2) is 4.87. The zero-order valence-corrected chi connectivity index (χ0v) is 12.0. The van der Waals surface area contributed by atoms with E-state index in [1.807, 2.05) is 0 Å². The average Bonchev–Trinajstić information content (AvgIpc) is 2.72. The highest BCUT2D eigenvalue weighted by Crippen LogP contribution is 2.02. The molecule has 0 fully saturated rings. The number of nitrogens with zero attached hydrogens (tertiary/aromatic N) is 4. The number of hydrogen-bond acceptors (Lipinski definition) is 6. The number of aryl methyl sites for hydroxylation is 2. The van der Waals surface area contributed by atoms with Gasteiger partial charge in [0.05, 0.1) is 25.7 Å². The number of imidazole rings is 1. The van der Waals surface area contributed by atoms with Crippen molar-refractivity contribution in [2.45, 2.75) is 6.54 Å². The van der Waals surface area contributed by atoms with Crippen molar-refractivity contribution in [3.63, 3.8) is 0 Å². The van der Waals surface area contributed by atoms with E-state index < -0.39 is 21.4 Å². The Morgan fingerprint density at radius 3 is 2.55 bits per heavy atom. The van der Waals surface area contributed by atoms with Crippen LogP contribution in [-0.2, 0) is 34.9 Å². The van der Waals surface area contributed by atoms with Gasteiger partial charge in [-0.05, 0) is 0 Å². The van der Waals surface area contributed by atoms with Crippen molar-refractivity contribution in [3.8, 4) is 0 Å². The van der Waals surface area contributed by atoms with Crippen LogP contribution in [0.1, 0.15) is 0 Å². The molecular weight excluding hydrogens is 288 g/mol. The van der Waals surface area contributed by atoms with Crippen LogP contribution < -0.4 is 11.2 Å². The molecule has 0 aromatic carbocycles. The molecule has 0 aliphatic heterocycles. The third-order valence-corrected chi connectivity index (χ3v) is 3.41. The van der Waals surface area contributed by atoms with E-state index in [1.54, 1.807) is 7.05 Å². The Hall–Kier alpha value is -1.94. The molecule has 0 aliphatic rings. The molecule has 0 saturated heterocycles. The smallest absolute Gasteiger partial charge is 0.328 e. The Labute approximate surface area is 114 Å². The summed E-state index contributed by atoms with van der Waals surface area (Å²) >= 11 is 0. The van der Waals surface area contributed by atoms with Gasteiger partial charge in [-0.3, -0.25) is 18.1 Å². The zero-order chi connectivity index (χ0) is 15.1. The molecule has 110 valence electrons. The lowest BCUT2D eigenvalue weighted by molar-refractivity contribution is 0.298. The Balaban J connectivity index is 2.51. The lowest BCUT2D eigenvalue weighted by atomic mass is 10.5. The molecule has 9 nitrogen and oxygen atoms in total. The fourth-order valence-corrected chi connectivity index (χ4v) is 2.25. The van der Waals surface area contributed by atoms with Crippen molar-refractivity contribution in [2.24, 2.45) is 14.1 Å². The minimum absolute atomic E-state index is 0.153. The summed E-state index contributed by atoms with van der Waals surface area (Å²) in [7, 11) is -0.483. The molecule has 2 aromatic rings. The molecule has 0 bridgehead atoms. The molecule has 20 heavy (non-hydrogen) atoms. The quantitative estimate of drug-likeness (QED) is 0.631. The maximum atomic E-state index is 12.2. The van der Waals surface area contributed by atoms with Crippen molar-refractivity contribution >= 4 is 21.3 Å². The van der Waals surface area contributed by atoms with Crippen LogP contribution in [0, 0.1) is 0 Å². The fraction of sp³-hybridized carbons (Fsp3) is 0.500. The molecule has 0 N–H and O–H groups in total. The Kier molecular flexibility index (Phi) is 3.52. The van der Waals surface area contributed by atoms with E-state index in [4.69, 9.17) is 0 Å². The van der Waals surface area contributed by atoms with Crippen LogP contribution in [0.25, 0.3) is 11.2 Å². The predicted octanol–water partition coefficient (Wildman–Crippen LogP) is -1.59. The van der Waals surface area contributed by atoms with Crippen LogP contribution in [-0.4, -0.2) is 40.0 Å². The molecule has 2 aromatic heterocycles. The Bertz CT molecular complexity index is 873. The summed E-state index contributed by atoms with van der Waals surface area (Å²) in [4.78, 5) is 28.2. The maximum absolute atomic E-state index is 12.2. The minimum atomic E-state index is -3.61. The number of hydrogen-bond donors (Lipinski definition) is 0. The highest BCUT2D eigenvalue weighted by Gasteiger charge is 2.15. The topological polar surface area (TPSA) is 105 Å². The first kappa shape index (κ1) is 14.5. The first-order valence-corrected chi connectivity index (χ1v) is 7.49. The largest absolute Gasteiger partial charge is 0.332 e. The summed E-state index contributed by atoms with van der Waals surface area (Å²) in [5.74, 6) is 0. The van der Waals surface area contributed by atoms with E-state index in [0.717, 1.165) is 10.8 Å². The summed E-state index contributed by atoms with van der Waals surface area (Å²) in [6, 6.07) is 0. The third-order valence-electron chi connectivity index (χ3n) is 2.81. The van der Waals surface area contributed by atoms with E-state index >= 15 is 0 Å². The van der Waals surface area contributed by atoms with Crippen LogP contribution >= 0.6 is 0 Å². The van der Waals surface area contributed by atoms with E-state index in [0.29, 0.717) is 0 Å². The monoisotopic (exact) mass is 302 g/mol.